The lowest BCUT2D eigenvalue weighted by molar-refractivity contribution is -0.154. The molecule has 0 atom stereocenters. The second kappa shape index (κ2) is 4.00. The summed E-state index contributed by atoms with van der Waals surface area (Å²) < 4.78 is 39.6. The first-order chi connectivity index (χ1) is 6.37. The van der Waals surface area contributed by atoms with Gasteiger partial charge in [-0.25, -0.2) is 4.98 Å². The summed E-state index contributed by atoms with van der Waals surface area (Å²) in [6, 6.07) is 1.28. The molecular weight excluding hydrogens is 221 g/mol. The van der Waals surface area contributed by atoms with Gasteiger partial charge in [0.15, 0.2) is 6.61 Å². The molecule has 0 fully saturated rings. The molecule has 78 valence electrons. The van der Waals surface area contributed by atoms with Crippen molar-refractivity contribution in [3.05, 3.63) is 17.0 Å². The Kier molecular flexibility index (Phi) is 3.15. The van der Waals surface area contributed by atoms with Gasteiger partial charge in [-0.05, 0) is 18.5 Å². The molecule has 7 heteroatoms. The first-order valence-electron chi connectivity index (χ1n) is 3.57. The molecule has 0 saturated heterocycles. The lowest BCUT2D eigenvalue weighted by Crippen LogP contribution is -2.19. The van der Waals surface area contributed by atoms with E-state index in [1.807, 2.05) is 0 Å². The number of rotatable bonds is 2. The Morgan fingerprint density at radius 3 is 2.57 bits per heavy atom. The topological polar surface area (TPSA) is 35.0 Å². The third kappa shape index (κ3) is 3.78. The summed E-state index contributed by atoms with van der Waals surface area (Å²) in [6.45, 7) is 0.188. The molecule has 0 aromatic carbocycles. The van der Waals surface area contributed by atoms with Crippen LogP contribution in [0.25, 0.3) is 0 Å². The van der Waals surface area contributed by atoms with Crippen LogP contribution in [0.5, 0.6) is 5.88 Å². The minimum Gasteiger partial charge on any atom is -0.468 e. The number of halogens is 4. The van der Waals surface area contributed by atoms with E-state index in [4.69, 9.17) is 11.6 Å². The molecule has 0 aliphatic carbocycles. The monoisotopic (exact) mass is 226 g/mol. The Labute approximate surface area is 82.9 Å². The number of nitrogens with zero attached hydrogens (tertiary/aromatic N) is 2. The summed E-state index contributed by atoms with van der Waals surface area (Å²) in [7, 11) is 0. The normalized spacial score (nSPS) is 11.5. The van der Waals surface area contributed by atoms with Crippen LogP contribution in [0, 0.1) is 6.92 Å². The summed E-state index contributed by atoms with van der Waals surface area (Å²) in [5, 5.41) is -0.137. The fourth-order valence-electron chi connectivity index (χ4n) is 0.734. The highest BCUT2D eigenvalue weighted by Gasteiger charge is 2.28. The van der Waals surface area contributed by atoms with E-state index in [0.717, 1.165) is 0 Å². The molecule has 0 bridgehead atoms. The van der Waals surface area contributed by atoms with Crippen LogP contribution in [-0.2, 0) is 0 Å². The Hall–Kier alpha value is -1.04. The number of hydrogen-bond donors (Lipinski definition) is 0. The van der Waals surface area contributed by atoms with Gasteiger partial charge in [-0.2, -0.15) is 18.2 Å². The van der Waals surface area contributed by atoms with Crippen LogP contribution < -0.4 is 4.74 Å². The molecule has 0 saturated carbocycles. The van der Waals surface area contributed by atoms with Gasteiger partial charge >= 0.3 is 6.18 Å². The van der Waals surface area contributed by atoms with Gasteiger partial charge in [-0.1, -0.05) is 0 Å². The lowest BCUT2D eigenvalue weighted by atomic mass is 10.4. The van der Waals surface area contributed by atoms with Crippen molar-refractivity contribution in [2.75, 3.05) is 6.61 Å². The Balaban J connectivity index is 2.68. The zero-order valence-corrected chi connectivity index (χ0v) is 7.85. The molecule has 3 nitrogen and oxygen atoms in total. The standard InChI is InChI=1S/C7H6ClF3N2O/c1-4-2-5(13-6(8)12-4)14-3-7(9,10)11/h2H,3H2,1H3. The fraction of sp³-hybridized carbons (Fsp3) is 0.429. The number of aromatic nitrogens is 2. The highest BCUT2D eigenvalue weighted by atomic mass is 35.5. The predicted molar refractivity (Wildman–Crippen MR) is 43.3 cm³/mol. The minimum absolute atomic E-state index is 0.137. The molecule has 0 aliphatic rings. The first kappa shape index (κ1) is 11.0. The predicted octanol–water partition coefficient (Wildman–Crippen LogP) is 2.38. The second-order valence-electron chi connectivity index (χ2n) is 2.52. The van der Waals surface area contributed by atoms with E-state index in [9.17, 15) is 13.2 Å². The van der Waals surface area contributed by atoms with Gasteiger partial charge in [0.25, 0.3) is 0 Å². The first-order valence-corrected chi connectivity index (χ1v) is 3.95. The van der Waals surface area contributed by atoms with Crippen molar-refractivity contribution in [2.45, 2.75) is 13.1 Å². The Morgan fingerprint density at radius 2 is 2.07 bits per heavy atom. The van der Waals surface area contributed by atoms with Gasteiger partial charge in [0.1, 0.15) is 0 Å². The van der Waals surface area contributed by atoms with Crippen molar-refractivity contribution in [2.24, 2.45) is 0 Å². The van der Waals surface area contributed by atoms with Crippen molar-refractivity contribution < 1.29 is 17.9 Å². The number of alkyl halides is 3. The summed E-state index contributed by atoms with van der Waals surface area (Å²) >= 11 is 5.42. The van der Waals surface area contributed by atoms with Crippen molar-refractivity contribution in [3.63, 3.8) is 0 Å². The molecule has 0 unspecified atom stereocenters. The third-order valence-corrected chi connectivity index (χ3v) is 1.36. The van der Waals surface area contributed by atoms with E-state index in [1.165, 1.54) is 6.07 Å². The lowest BCUT2D eigenvalue weighted by Gasteiger charge is -2.08. The Bertz CT molecular complexity index is 309. The van der Waals surface area contributed by atoms with Crippen molar-refractivity contribution >= 4 is 11.6 Å². The van der Waals surface area contributed by atoms with Crippen molar-refractivity contribution in [1.29, 1.82) is 0 Å². The second-order valence-corrected chi connectivity index (χ2v) is 2.86. The molecule has 1 heterocycles. The summed E-state index contributed by atoms with van der Waals surface area (Å²) in [4.78, 5) is 7.14. The smallest absolute Gasteiger partial charge is 0.422 e. The SMILES string of the molecule is Cc1cc(OCC(F)(F)F)nc(Cl)n1. The van der Waals surface area contributed by atoms with Gasteiger partial charge < -0.3 is 4.74 Å². The van der Waals surface area contributed by atoms with Crippen LogP contribution in [0.15, 0.2) is 6.07 Å². The molecule has 1 aromatic heterocycles. The largest absolute Gasteiger partial charge is 0.468 e. The van der Waals surface area contributed by atoms with Crippen LogP contribution in [0.3, 0.4) is 0 Å². The van der Waals surface area contributed by atoms with E-state index in [0.29, 0.717) is 5.69 Å². The molecule has 0 radical (unpaired) electrons. The van der Waals surface area contributed by atoms with E-state index in [1.54, 1.807) is 6.92 Å². The zero-order valence-electron chi connectivity index (χ0n) is 7.10. The molecule has 1 aromatic rings. The molecular formula is C7H6ClF3N2O. The highest BCUT2D eigenvalue weighted by Crippen LogP contribution is 2.18. The van der Waals surface area contributed by atoms with E-state index in [-0.39, 0.29) is 11.2 Å². The van der Waals surface area contributed by atoms with E-state index >= 15 is 0 Å². The third-order valence-electron chi connectivity index (χ3n) is 1.19. The highest BCUT2D eigenvalue weighted by molar-refractivity contribution is 6.28. The summed E-state index contributed by atoms with van der Waals surface area (Å²) in [6.07, 6.45) is -4.38. The molecule has 0 N–H and O–H groups in total. The maximum absolute atomic E-state index is 11.7. The van der Waals surface area contributed by atoms with Gasteiger partial charge in [0.05, 0.1) is 0 Å². The molecule has 0 spiro atoms. The zero-order chi connectivity index (χ0) is 10.8. The van der Waals surface area contributed by atoms with Crippen LogP contribution in [0.1, 0.15) is 5.69 Å². The molecule has 14 heavy (non-hydrogen) atoms. The number of hydrogen-bond acceptors (Lipinski definition) is 3. The van der Waals surface area contributed by atoms with Crippen molar-refractivity contribution in [3.8, 4) is 5.88 Å². The number of ether oxygens (including phenoxy) is 1. The van der Waals surface area contributed by atoms with Gasteiger partial charge in [-0.15, -0.1) is 0 Å². The molecule has 0 amide bonds. The average Bonchev–Trinajstić information content (AvgIpc) is 1.97. The maximum Gasteiger partial charge on any atom is 0.422 e. The van der Waals surface area contributed by atoms with Crippen molar-refractivity contribution in [1.82, 2.24) is 9.97 Å². The van der Waals surface area contributed by atoms with Gasteiger partial charge in [0.2, 0.25) is 11.2 Å². The van der Waals surface area contributed by atoms with Gasteiger partial charge in [0, 0.05) is 11.8 Å². The average molecular weight is 227 g/mol. The molecule has 0 aliphatic heterocycles. The van der Waals surface area contributed by atoms with Crippen LogP contribution in [0.4, 0.5) is 13.2 Å². The quantitative estimate of drug-likeness (QED) is 0.727. The summed E-state index contributed by atoms with van der Waals surface area (Å²) in [5.41, 5.74) is 0.446. The molecule has 1 rings (SSSR count). The Morgan fingerprint density at radius 1 is 1.43 bits per heavy atom. The maximum atomic E-state index is 11.7. The van der Waals surface area contributed by atoms with Crippen LogP contribution in [-0.4, -0.2) is 22.8 Å². The van der Waals surface area contributed by atoms with Gasteiger partial charge in [-0.3, -0.25) is 0 Å². The minimum atomic E-state index is -4.38. The van der Waals surface area contributed by atoms with Crippen LogP contribution in [0.2, 0.25) is 5.28 Å². The van der Waals surface area contributed by atoms with Crippen LogP contribution >= 0.6 is 11.6 Å². The number of aryl methyl sites for hydroxylation is 1. The van der Waals surface area contributed by atoms with E-state index in [2.05, 4.69) is 14.7 Å². The van der Waals surface area contributed by atoms with E-state index < -0.39 is 12.8 Å². The summed E-state index contributed by atoms with van der Waals surface area (Å²) in [5.74, 6) is -0.181. The fourth-order valence-corrected chi connectivity index (χ4v) is 0.951.